The van der Waals surface area contributed by atoms with Crippen molar-refractivity contribution in [1.82, 2.24) is 4.98 Å². The Labute approximate surface area is 158 Å². The van der Waals surface area contributed by atoms with Crippen LogP contribution in [0.15, 0.2) is 36.7 Å². The van der Waals surface area contributed by atoms with Crippen LogP contribution in [0.3, 0.4) is 0 Å². The van der Waals surface area contributed by atoms with Crippen molar-refractivity contribution in [3.8, 4) is 11.3 Å². The Morgan fingerprint density at radius 3 is 2.52 bits per heavy atom. The molecule has 0 amide bonds. The third kappa shape index (κ3) is 2.79. The quantitative estimate of drug-likeness (QED) is 0.372. The number of benzene rings is 2. The highest BCUT2D eigenvalue weighted by Crippen LogP contribution is 2.43. The Morgan fingerprint density at radius 2 is 1.81 bits per heavy atom. The van der Waals surface area contributed by atoms with Gasteiger partial charge in [0.05, 0.1) is 18.0 Å². The predicted molar refractivity (Wildman–Crippen MR) is 103 cm³/mol. The van der Waals surface area contributed by atoms with Crippen LogP contribution in [-0.4, -0.2) is 4.98 Å². The van der Waals surface area contributed by atoms with Crippen LogP contribution in [0, 0.1) is 20.8 Å². The Hall–Kier alpha value is -2.47. The molecular formula is C21H18F3N2S+. The third-order valence-electron chi connectivity index (χ3n) is 4.99. The van der Waals surface area contributed by atoms with Crippen molar-refractivity contribution in [3.63, 3.8) is 0 Å². The van der Waals surface area contributed by atoms with Crippen LogP contribution >= 0.6 is 11.3 Å². The highest BCUT2D eigenvalue weighted by Gasteiger charge is 2.35. The van der Waals surface area contributed by atoms with E-state index in [-0.39, 0.29) is 5.39 Å². The molecule has 2 nitrogen and oxygen atoms in total. The van der Waals surface area contributed by atoms with Gasteiger partial charge in [0.15, 0.2) is 5.69 Å². The zero-order valence-electron chi connectivity index (χ0n) is 15.4. The zero-order valence-corrected chi connectivity index (χ0v) is 16.2. The van der Waals surface area contributed by atoms with Crippen LogP contribution in [0.4, 0.5) is 13.2 Å². The molecule has 0 bridgehead atoms. The number of nitrogens with zero attached hydrogens (tertiary/aromatic N) is 2. The van der Waals surface area contributed by atoms with Crippen LogP contribution in [0.5, 0.6) is 0 Å². The minimum absolute atomic E-state index is 0.189. The molecule has 4 aromatic rings. The number of thiophene rings is 1. The highest BCUT2D eigenvalue weighted by atomic mass is 32.1. The topological polar surface area (TPSA) is 16.8 Å². The fraction of sp³-hybridized carbons (Fsp3) is 0.238. The van der Waals surface area contributed by atoms with E-state index in [4.69, 9.17) is 0 Å². The number of alkyl halides is 3. The average molecular weight is 387 g/mol. The molecule has 138 valence electrons. The summed E-state index contributed by atoms with van der Waals surface area (Å²) in [6.07, 6.45) is -2.81. The van der Waals surface area contributed by atoms with Crippen molar-refractivity contribution >= 4 is 31.6 Å². The van der Waals surface area contributed by atoms with E-state index in [0.29, 0.717) is 10.2 Å². The smallest absolute Gasteiger partial charge is 0.231 e. The Kier molecular flexibility index (Phi) is 4.00. The number of rotatable bonds is 1. The van der Waals surface area contributed by atoms with E-state index in [1.807, 2.05) is 25.5 Å². The zero-order chi connectivity index (χ0) is 19.5. The number of hydrogen-bond acceptors (Lipinski definition) is 2. The summed E-state index contributed by atoms with van der Waals surface area (Å²) in [6.45, 7) is 6.13. The Bertz CT molecular complexity index is 1210. The maximum absolute atomic E-state index is 13.6. The summed E-state index contributed by atoms with van der Waals surface area (Å²) >= 11 is 1.36. The Balaban J connectivity index is 2.17. The van der Waals surface area contributed by atoms with Gasteiger partial charge in [-0.1, -0.05) is 17.7 Å². The number of halogens is 3. The van der Waals surface area contributed by atoms with Gasteiger partial charge < -0.3 is 0 Å². The van der Waals surface area contributed by atoms with E-state index in [0.717, 1.165) is 38.7 Å². The molecule has 0 unspecified atom stereocenters. The second kappa shape index (κ2) is 6.02. The second-order valence-electron chi connectivity index (χ2n) is 6.91. The van der Waals surface area contributed by atoms with Gasteiger partial charge in [0.25, 0.3) is 6.33 Å². The second-order valence-corrected chi connectivity index (χ2v) is 7.97. The number of hydrogen-bond donors (Lipinski definition) is 0. The lowest BCUT2D eigenvalue weighted by molar-refractivity contribution is -0.662. The SMILES string of the molecule is Cc1cc(C)c(C)c(-c2c3sc4cccc(C(F)(F)F)c4c3nc[n+]2C)c1. The summed E-state index contributed by atoms with van der Waals surface area (Å²) in [5.41, 5.74) is 5.12. The molecule has 0 N–H and O–H groups in total. The minimum atomic E-state index is -4.41. The molecule has 0 fully saturated rings. The first-order valence-corrected chi connectivity index (χ1v) is 9.35. The van der Waals surface area contributed by atoms with E-state index in [1.165, 1.54) is 17.4 Å². The third-order valence-corrected chi connectivity index (χ3v) is 6.14. The van der Waals surface area contributed by atoms with Crippen LogP contribution in [0.25, 0.3) is 31.6 Å². The van der Waals surface area contributed by atoms with Gasteiger partial charge in [0, 0.05) is 10.3 Å². The van der Waals surface area contributed by atoms with Crippen LogP contribution in [0.1, 0.15) is 22.3 Å². The minimum Gasteiger partial charge on any atom is -0.231 e. The summed E-state index contributed by atoms with van der Waals surface area (Å²) < 4.78 is 44.0. The Morgan fingerprint density at radius 1 is 1.07 bits per heavy atom. The fourth-order valence-electron chi connectivity index (χ4n) is 3.61. The molecule has 0 saturated heterocycles. The van der Waals surface area contributed by atoms with Gasteiger partial charge in [-0.15, -0.1) is 11.3 Å². The summed E-state index contributed by atoms with van der Waals surface area (Å²) in [5, 5.41) is 0.189. The van der Waals surface area contributed by atoms with E-state index in [1.54, 1.807) is 12.4 Å². The first kappa shape index (κ1) is 17.9. The molecule has 0 saturated carbocycles. The van der Waals surface area contributed by atoms with Crippen LogP contribution < -0.4 is 4.57 Å². The maximum atomic E-state index is 13.6. The van der Waals surface area contributed by atoms with E-state index >= 15 is 0 Å². The fourth-order valence-corrected chi connectivity index (χ4v) is 4.89. The molecule has 2 aromatic heterocycles. The van der Waals surface area contributed by atoms with Crippen molar-refractivity contribution in [3.05, 3.63) is 58.9 Å². The molecular weight excluding hydrogens is 369 g/mol. The summed E-state index contributed by atoms with van der Waals surface area (Å²) in [7, 11) is 1.88. The van der Waals surface area contributed by atoms with Gasteiger partial charge >= 0.3 is 6.18 Å². The van der Waals surface area contributed by atoms with Gasteiger partial charge in [-0.3, -0.25) is 0 Å². The van der Waals surface area contributed by atoms with Gasteiger partial charge in [0.2, 0.25) is 5.52 Å². The molecule has 4 rings (SSSR count). The number of fused-ring (bicyclic) bond motifs is 3. The largest absolute Gasteiger partial charge is 0.417 e. The average Bonchev–Trinajstić information content (AvgIpc) is 2.95. The molecule has 6 heteroatoms. The van der Waals surface area contributed by atoms with Gasteiger partial charge in [-0.2, -0.15) is 13.2 Å². The molecule has 2 aromatic carbocycles. The van der Waals surface area contributed by atoms with Crippen molar-refractivity contribution in [2.75, 3.05) is 0 Å². The van der Waals surface area contributed by atoms with E-state index in [2.05, 4.69) is 24.0 Å². The summed E-state index contributed by atoms with van der Waals surface area (Å²) in [4.78, 5) is 4.38. The summed E-state index contributed by atoms with van der Waals surface area (Å²) in [5.74, 6) is 0. The molecule has 0 aliphatic rings. The highest BCUT2D eigenvalue weighted by molar-refractivity contribution is 7.26. The lowest BCUT2D eigenvalue weighted by Gasteiger charge is -2.11. The molecule has 27 heavy (non-hydrogen) atoms. The molecule has 0 aliphatic carbocycles. The van der Waals surface area contributed by atoms with Crippen molar-refractivity contribution in [2.24, 2.45) is 7.05 Å². The monoisotopic (exact) mass is 387 g/mol. The normalized spacial score (nSPS) is 12.3. The standard InChI is InChI=1S/C21H18F3N2S/c1-11-8-12(2)13(3)14(9-11)19-20-18(25-10-26(19)4)17-15(21(22,23)24)6-5-7-16(17)27-20/h5-10H,1-4H3/q+1. The van der Waals surface area contributed by atoms with Gasteiger partial charge in [-0.05, 0) is 55.1 Å². The van der Waals surface area contributed by atoms with Crippen molar-refractivity contribution < 1.29 is 17.7 Å². The van der Waals surface area contributed by atoms with Crippen molar-refractivity contribution in [1.29, 1.82) is 0 Å². The predicted octanol–water partition coefficient (Wildman–Crippen LogP) is 5.89. The molecule has 0 radical (unpaired) electrons. The van der Waals surface area contributed by atoms with Gasteiger partial charge in [0.1, 0.15) is 4.70 Å². The number of aromatic nitrogens is 2. The molecule has 2 heterocycles. The summed E-state index contributed by atoms with van der Waals surface area (Å²) in [6, 6.07) is 8.53. The van der Waals surface area contributed by atoms with Crippen molar-refractivity contribution in [2.45, 2.75) is 26.9 Å². The molecule has 0 spiro atoms. The first-order chi connectivity index (χ1) is 12.7. The van der Waals surface area contributed by atoms with Crippen LogP contribution in [0.2, 0.25) is 0 Å². The van der Waals surface area contributed by atoms with Gasteiger partial charge in [-0.25, -0.2) is 4.57 Å². The lowest BCUT2D eigenvalue weighted by Crippen LogP contribution is -2.31. The maximum Gasteiger partial charge on any atom is 0.417 e. The van der Waals surface area contributed by atoms with E-state index < -0.39 is 11.7 Å². The molecule has 0 aliphatic heterocycles. The van der Waals surface area contributed by atoms with E-state index in [9.17, 15) is 13.2 Å². The number of aryl methyl sites for hydroxylation is 3. The first-order valence-electron chi connectivity index (χ1n) is 8.53. The molecule has 0 atom stereocenters. The lowest BCUT2D eigenvalue weighted by atomic mass is 9.97. The van der Waals surface area contributed by atoms with Crippen LogP contribution in [-0.2, 0) is 13.2 Å².